The van der Waals surface area contributed by atoms with Crippen molar-refractivity contribution in [2.45, 2.75) is 32.6 Å². The van der Waals surface area contributed by atoms with E-state index in [1.165, 1.54) is 24.3 Å². The maximum atomic E-state index is 12.5. The summed E-state index contributed by atoms with van der Waals surface area (Å²) in [7, 11) is -3.63. The van der Waals surface area contributed by atoms with E-state index in [0.717, 1.165) is 0 Å². The van der Waals surface area contributed by atoms with E-state index in [4.69, 9.17) is 9.47 Å². The van der Waals surface area contributed by atoms with Crippen LogP contribution in [-0.4, -0.2) is 50.9 Å². The first kappa shape index (κ1) is 23.3. The van der Waals surface area contributed by atoms with Crippen molar-refractivity contribution in [3.63, 3.8) is 0 Å². The van der Waals surface area contributed by atoms with Gasteiger partial charge in [-0.3, -0.25) is 4.79 Å². The summed E-state index contributed by atoms with van der Waals surface area (Å²) in [6.07, 6.45) is 0. The fourth-order valence-corrected chi connectivity index (χ4v) is 3.91. The minimum atomic E-state index is -3.63. The maximum Gasteiger partial charge on any atom is 0.340 e. The zero-order valence-electron chi connectivity index (χ0n) is 17.2. The van der Waals surface area contributed by atoms with Crippen LogP contribution in [0.15, 0.2) is 29.2 Å². The maximum absolute atomic E-state index is 12.5. The summed E-state index contributed by atoms with van der Waals surface area (Å²) < 4.78 is 36.2. The van der Waals surface area contributed by atoms with Crippen molar-refractivity contribution >= 4 is 27.7 Å². The number of aromatic nitrogens is 1. The summed E-state index contributed by atoms with van der Waals surface area (Å²) in [5, 5.41) is 0. The number of esters is 2. The molecule has 0 fully saturated rings. The number of benzene rings is 1. The average Bonchev–Trinajstić information content (AvgIpc) is 3.00. The fourth-order valence-electron chi connectivity index (χ4n) is 2.87. The molecule has 0 radical (unpaired) electrons. The average molecular weight is 436 g/mol. The van der Waals surface area contributed by atoms with Crippen LogP contribution in [0.1, 0.15) is 56.3 Å². The van der Waals surface area contributed by atoms with Gasteiger partial charge in [-0.05, 0) is 50.6 Å². The minimum absolute atomic E-state index is 0.0148. The van der Waals surface area contributed by atoms with Crippen LogP contribution in [0.2, 0.25) is 0 Å². The largest absolute Gasteiger partial charge is 0.462 e. The molecular formula is C20H24N2O7S. The number of aromatic amines is 1. The number of carbonyl (C=O) groups excluding carboxylic acids is 3. The molecule has 0 atom stereocenters. The quantitative estimate of drug-likeness (QED) is 0.455. The van der Waals surface area contributed by atoms with Gasteiger partial charge in [0.05, 0.1) is 28.3 Å². The molecule has 0 saturated heterocycles. The van der Waals surface area contributed by atoms with E-state index in [1.54, 1.807) is 27.7 Å². The third-order valence-corrected chi connectivity index (χ3v) is 5.83. The predicted molar refractivity (Wildman–Crippen MR) is 108 cm³/mol. The molecular weight excluding hydrogens is 412 g/mol. The Morgan fingerprint density at radius 2 is 1.63 bits per heavy atom. The van der Waals surface area contributed by atoms with E-state index >= 15 is 0 Å². The number of hydrogen-bond donors (Lipinski definition) is 2. The van der Waals surface area contributed by atoms with Crippen LogP contribution < -0.4 is 4.72 Å². The zero-order valence-corrected chi connectivity index (χ0v) is 18.0. The monoisotopic (exact) mass is 436 g/mol. The van der Waals surface area contributed by atoms with Crippen LogP contribution in [0.3, 0.4) is 0 Å². The van der Waals surface area contributed by atoms with Gasteiger partial charge in [0.25, 0.3) is 0 Å². The first-order valence-electron chi connectivity index (χ1n) is 9.28. The number of ether oxygens (including phenoxy) is 2. The molecule has 2 aromatic rings. The normalized spacial score (nSPS) is 11.2. The van der Waals surface area contributed by atoms with E-state index in [0.29, 0.717) is 11.3 Å². The lowest BCUT2D eigenvalue weighted by Crippen LogP contribution is -2.23. The summed E-state index contributed by atoms with van der Waals surface area (Å²) >= 11 is 0. The van der Waals surface area contributed by atoms with Gasteiger partial charge in [-0.15, -0.1) is 0 Å². The number of rotatable bonds is 9. The molecule has 0 spiro atoms. The van der Waals surface area contributed by atoms with E-state index in [9.17, 15) is 22.8 Å². The van der Waals surface area contributed by atoms with Gasteiger partial charge in [0, 0.05) is 12.2 Å². The number of sulfonamides is 1. The van der Waals surface area contributed by atoms with Crippen LogP contribution >= 0.6 is 0 Å². The second-order valence-corrected chi connectivity index (χ2v) is 8.14. The highest BCUT2D eigenvalue weighted by molar-refractivity contribution is 7.89. The molecule has 0 bridgehead atoms. The third kappa shape index (κ3) is 5.14. The SMILES string of the molecule is CCNS(=O)(=O)c1ccc(C(=O)OCC(=O)c2[nH]c(C)c(C(=O)OCC)c2C)cc1. The fraction of sp³-hybridized carbons (Fsp3) is 0.350. The summed E-state index contributed by atoms with van der Waals surface area (Å²) in [5.74, 6) is -1.82. The highest BCUT2D eigenvalue weighted by atomic mass is 32.2. The number of nitrogens with one attached hydrogen (secondary N) is 2. The van der Waals surface area contributed by atoms with E-state index in [1.807, 2.05) is 0 Å². The van der Waals surface area contributed by atoms with Crippen molar-refractivity contribution < 1.29 is 32.3 Å². The molecule has 1 aromatic carbocycles. The number of H-pyrrole nitrogens is 1. The lowest BCUT2D eigenvalue weighted by molar-refractivity contribution is 0.0472. The Kier molecular flexibility index (Phi) is 7.52. The number of ketones is 1. The molecule has 9 nitrogen and oxygen atoms in total. The summed E-state index contributed by atoms with van der Waals surface area (Å²) in [5.41, 5.74) is 1.45. The number of carbonyl (C=O) groups is 3. The molecule has 0 aliphatic heterocycles. The van der Waals surface area contributed by atoms with Crippen LogP contribution in [0, 0.1) is 13.8 Å². The molecule has 0 unspecified atom stereocenters. The first-order chi connectivity index (χ1) is 14.1. The van der Waals surface area contributed by atoms with Gasteiger partial charge in [0.15, 0.2) is 6.61 Å². The third-order valence-electron chi connectivity index (χ3n) is 4.26. The summed E-state index contributed by atoms with van der Waals surface area (Å²) in [4.78, 5) is 39.5. The van der Waals surface area contributed by atoms with Gasteiger partial charge in [0.2, 0.25) is 15.8 Å². The van der Waals surface area contributed by atoms with Crippen molar-refractivity contribution in [1.29, 1.82) is 0 Å². The molecule has 30 heavy (non-hydrogen) atoms. The van der Waals surface area contributed by atoms with E-state index < -0.39 is 34.4 Å². The minimum Gasteiger partial charge on any atom is -0.462 e. The second-order valence-electron chi connectivity index (χ2n) is 6.37. The Hall–Kier alpha value is -2.98. The Morgan fingerprint density at radius 3 is 2.20 bits per heavy atom. The lowest BCUT2D eigenvalue weighted by Gasteiger charge is -2.07. The topological polar surface area (TPSA) is 132 Å². The highest BCUT2D eigenvalue weighted by Gasteiger charge is 2.23. The van der Waals surface area contributed by atoms with Crippen molar-refractivity contribution in [3.8, 4) is 0 Å². The van der Waals surface area contributed by atoms with Gasteiger partial charge in [-0.1, -0.05) is 6.92 Å². The first-order valence-corrected chi connectivity index (χ1v) is 10.8. The molecule has 2 N–H and O–H groups in total. The molecule has 10 heteroatoms. The van der Waals surface area contributed by atoms with Crippen molar-refractivity contribution in [2.75, 3.05) is 19.8 Å². The Balaban J connectivity index is 2.07. The highest BCUT2D eigenvalue weighted by Crippen LogP contribution is 2.20. The van der Waals surface area contributed by atoms with E-state index in [-0.39, 0.29) is 34.9 Å². The Morgan fingerprint density at radius 1 is 1.00 bits per heavy atom. The van der Waals surface area contributed by atoms with Crippen molar-refractivity contribution in [3.05, 3.63) is 52.3 Å². The van der Waals surface area contributed by atoms with Crippen LogP contribution in [-0.2, 0) is 19.5 Å². The van der Waals surface area contributed by atoms with Crippen molar-refractivity contribution in [1.82, 2.24) is 9.71 Å². The van der Waals surface area contributed by atoms with Crippen LogP contribution in [0.5, 0.6) is 0 Å². The van der Waals surface area contributed by atoms with Gasteiger partial charge in [0.1, 0.15) is 0 Å². The predicted octanol–water partition coefficient (Wildman–Crippen LogP) is 2.15. The van der Waals surface area contributed by atoms with Gasteiger partial charge in [-0.25, -0.2) is 22.7 Å². The molecule has 0 amide bonds. The smallest absolute Gasteiger partial charge is 0.340 e. The molecule has 1 heterocycles. The molecule has 1 aromatic heterocycles. The number of hydrogen-bond acceptors (Lipinski definition) is 7. The van der Waals surface area contributed by atoms with Crippen LogP contribution in [0.4, 0.5) is 0 Å². The lowest BCUT2D eigenvalue weighted by atomic mass is 10.1. The number of aryl methyl sites for hydroxylation is 1. The van der Waals surface area contributed by atoms with Crippen molar-refractivity contribution in [2.24, 2.45) is 0 Å². The Labute approximate surface area is 174 Å². The standard InChI is InChI=1S/C20H24N2O7S/c1-5-21-30(26,27)15-9-7-14(8-10-15)19(24)29-11-16(23)18-12(3)17(13(4)22-18)20(25)28-6-2/h7-10,21-22H,5-6,11H2,1-4H3. The molecule has 162 valence electrons. The zero-order chi connectivity index (χ0) is 22.5. The molecule has 0 aliphatic carbocycles. The molecule has 0 aliphatic rings. The second kappa shape index (κ2) is 9.68. The van der Waals surface area contributed by atoms with Gasteiger partial charge < -0.3 is 14.5 Å². The molecule has 0 saturated carbocycles. The summed E-state index contributed by atoms with van der Waals surface area (Å²) in [6, 6.07) is 5.17. The van der Waals surface area contributed by atoms with Gasteiger partial charge in [-0.2, -0.15) is 0 Å². The van der Waals surface area contributed by atoms with E-state index in [2.05, 4.69) is 9.71 Å². The Bertz CT molecular complexity index is 1050. The summed E-state index contributed by atoms with van der Waals surface area (Å²) in [6.45, 7) is 6.49. The van der Waals surface area contributed by atoms with Gasteiger partial charge >= 0.3 is 11.9 Å². The molecule has 2 rings (SSSR count). The number of Topliss-reactive ketones (excluding diaryl/α,β-unsaturated/α-hetero) is 1. The van der Waals surface area contributed by atoms with Crippen LogP contribution in [0.25, 0.3) is 0 Å².